The van der Waals surface area contributed by atoms with E-state index >= 15 is 0 Å². The maximum Gasteiger partial charge on any atom is 0.286 e. The molecule has 1 heterocycles. The summed E-state index contributed by atoms with van der Waals surface area (Å²) >= 11 is 2.41. The van der Waals surface area contributed by atoms with Crippen LogP contribution in [0, 0.1) is 0 Å². The highest BCUT2D eigenvalue weighted by atomic mass is 127. The lowest BCUT2D eigenvalue weighted by molar-refractivity contribution is -0.700. The van der Waals surface area contributed by atoms with Gasteiger partial charge >= 0.3 is 0 Å². The van der Waals surface area contributed by atoms with Gasteiger partial charge in [0.25, 0.3) is 6.33 Å². The number of halogens is 2. The first-order valence-electron chi connectivity index (χ1n) is 3.78. The van der Waals surface area contributed by atoms with Crippen LogP contribution in [0.25, 0.3) is 0 Å². The van der Waals surface area contributed by atoms with E-state index in [0.717, 1.165) is 6.54 Å². The van der Waals surface area contributed by atoms with Gasteiger partial charge in [-0.2, -0.15) is 0 Å². The summed E-state index contributed by atoms with van der Waals surface area (Å²) in [6.07, 6.45) is 8.27. The van der Waals surface area contributed by atoms with Crippen LogP contribution in [0.3, 0.4) is 0 Å². The smallest absolute Gasteiger partial charge is 0.286 e. The van der Waals surface area contributed by atoms with Crippen molar-refractivity contribution in [2.24, 2.45) is 0 Å². The maximum atomic E-state index is 4.02. The van der Waals surface area contributed by atoms with E-state index in [9.17, 15) is 0 Å². The Balaban J connectivity index is 0.00000121. The molecule has 0 aliphatic carbocycles. The molecule has 0 N–H and O–H groups in total. The van der Waals surface area contributed by atoms with Crippen LogP contribution in [0.2, 0.25) is 0 Å². The standard InChI is InChI=1S/C8H12IN2.HI/c9-4-1-2-6-11-7-3-5-10-8-11;/h3,5,7-8H,1-2,4,6H2;1H/q+1;/p-1. The molecule has 2 nitrogen and oxygen atoms in total. The number of nitrogens with zero attached hydrogens (tertiary/aromatic N) is 2. The summed E-state index contributed by atoms with van der Waals surface area (Å²) in [6.45, 7) is 1.09. The molecule has 0 saturated carbocycles. The molecule has 0 amide bonds. The Hall–Kier alpha value is 0.540. The van der Waals surface area contributed by atoms with Gasteiger partial charge in [-0.15, -0.1) is 0 Å². The van der Waals surface area contributed by atoms with Crippen LogP contribution >= 0.6 is 22.6 Å². The number of hydrogen-bond donors (Lipinski definition) is 0. The van der Waals surface area contributed by atoms with Crippen molar-refractivity contribution >= 4 is 22.6 Å². The van der Waals surface area contributed by atoms with Crippen molar-refractivity contribution in [1.82, 2.24) is 4.98 Å². The quantitative estimate of drug-likeness (QED) is 0.267. The Labute approximate surface area is 104 Å². The van der Waals surface area contributed by atoms with E-state index < -0.39 is 0 Å². The van der Waals surface area contributed by atoms with Crippen LogP contribution in [-0.4, -0.2) is 9.41 Å². The summed E-state index contributed by atoms with van der Waals surface area (Å²) in [5, 5.41) is 0. The second-order valence-corrected chi connectivity index (χ2v) is 3.47. The molecule has 68 valence electrons. The SMILES string of the molecule is ICCCC[n+]1cccnc1.[I-]. The van der Waals surface area contributed by atoms with Crippen molar-refractivity contribution < 1.29 is 28.5 Å². The molecule has 4 heteroatoms. The van der Waals surface area contributed by atoms with Crippen LogP contribution < -0.4 is 28.5 Å². The Morgan fingerprint density at radius 3 is 2.75 bits per heavy atom. The summed E-state index contributed by atoms with van der Waals surface area (Å²) in [4.78, 5) is 4.02. The van der Waals surface area contributed by atoms with Gasteiger partial charge in [-0.3, -0.25) is 0 Å². The van der Waals surface area contributed by atoms with Crippen LogP contribution in [0.4, 0.5) is 0 Å². The predicted molar refractivity (Wildman–Crippen MR) is 52.6 cm³/mol. The van der Waals surface area contributed by atoms with Crippen molar-refractivity contribution in [3.63, 3.8) is 0 Å². The second-order valence-electron chi connectivity index (χ2n) is 2.39. The molecule has 1 aromatic rings. The zero-order chi connectivity index (χ0) is 7.94. The second kappa shape index (κ2) is 8.15. The fourth-order valence-electron chi connectivity index (χ4n) is 0.882. The number of alkyl halides is 1. The van der Waals surface area contributed by atoms with Gasteiger partial charge in [-0.05, 0) is 17.3 Å². The summed E-state index contributed by atoms with van der Waals surface area (Å²) < 4.78 is 3.37. The van der Waals surface area contributed by atoms with Crippen molar-refractivity contribution in [1.29, 1.82) is 0 Å². The summed E-state index contributed by atoms with van der Waals surface area (Å²) in [5.41, 5.74) is 0. The van der Waals surface area contributed by atoms with E-state index in [1.807, 2.05) is 12.4 Å². The van der Waals surface area contributed by atoms with E-state index in [-0.39, 0.29) is 24.0 Å². The molecule has 0 spiro atoms. The molecule has 0 aliphatic rings. The van der Waals surface area contributed by atoms with E-state index in [4.69, 9.17) is 0 Å². The third-order valence-corrected chi connectivity index (χ3v) is 2.23. The van der Waals surface area contributed by atoms with Crippen LogP contribution in [-0.2, 0) is 6.54 Å². The van der Waals surface area contributed by atoms with E-state index in [0.29, 0.717) is 0 Å². The Bertz CT molecular complexity index is 192. The van der Waals surface area contributed by atoms with Gasteiger partial charge in [0.15, 0.2) is 0 Å². The molecule has 1 aromatic heterocycles. The van der Waals surface area contributed by atoms with Gasteiger partial charge in [-0.25, -0.2) is 4.57 Å². The normalized spacial score (nSPS) is 9.08. The van der Waals surface area contributed by atoms with Crippen molar-refractivity contribution in [3.05, 3.63) is 24.8 Å². The molecular weight excluding hydrogens is 378 g/mol. The Kier molecular flexibility index (Phi) is 8.52. The number of aromatic nitrogens is 2. The topological polar surface area (TPSA) is 16.8 Å². The van der Waals surface area contributed by atoms with E-state index in [2.05, 4.69) is 38.3 Å². The Morgan fingerprint density at radius 2 is 2.17 bits per heavy atom. The molecule has 1 rings (SSSR count). The molecule has 0 aromatic carbocycles. The maximum absolute atomic E-state index is 4.02. The Morgan fingerprint density at radius 1 is 1.33 bits per heavy atom. The van der Waals surface area contributed by atoms with E-state index in [1.165, 1.54) is 17.3 Å². The highest BCUT2D eigenvalue weighted by Gasteiger charge is 1.93. The average molecular weight is 390 g/mol. The zero-order valence-corrected chi connectivity index (χ0v) is 11.1. The molecule has 12 heavy (non-hydrogen) atoms. The van der Waals surface area contributed by atoms with Crippen molar-refractivity contribution in [2.75, 3.05) is 4.43 Å². The lowest BCUT2D eigenvalue weighted by Crippen LogP contribution is -3.00. The molecule has 0 radical (unpaired) electrons. The highest BCUT2D eigenvalue weighted by Crippen LogP contribution is 1.93. The molecule has 0 saturated heterocycles. The third-order valence-electron chi connectivity index (χ3n) is 1.46. The average Bonchev–Trinajstić information content (AvgIpc) is 2.07. The van der Waals surface area contributed by atoms with Gasteiger partial charge in [0.2, 0.25) is 0 Å². The lowest BCUT2D eigenvalue weighted by atomic mass is 10.3. The van der Waals surface area contributed by atoms with Crippen LogP contribution in [0.15, 0.2) is 24.8 Å². The minimum atomic E-state index is 0. The van der Waals surface area contributed by atoms with Crippen LogP contribution in [0.1, 0.15) is 12.8 Å². The lowest BCUT2D eigenvalue weighted by Gasteiger charge is -1.95. The van der Waals surface area contributed by atoms with Gasteiger partial charge in [0, 0.05) is 6.07 Å². The summed E-state index contributed by atoms with van der Waals surface area (Å²) in [7, 11) is 0. The first kappa shape index (κ1) is 12.5. The van der Waals surface area contributed by atoms with Gasteiger partial charge in [-0.1, -0.05) is 27.6 Å². The largest absolute Gasteiger partial charge is 1.00 e. The molecule has 0 aliphatic heterocycles. The predicted octanol–water partition coefficient (Wildman–Crippen LogP) is -1.41. The molecule has 0 unspecified atom stereocenters. The first-order valence-corrected chi connectivity index (χ1v) is 5.31. The molecular formula is C8H12I2N2. The van der Waals surface area contributed by atoms with Crippen molar-refractivity contribution in [3.8, 4) is 0 Å². The number of rotatable bonds is 4. The van der Waals surface area contributed by atoms with Gasteiger partial charge in [0.1, 0.15) is 6.20 Å². The summed E-state index contributed by atoms with van der Waals surface area (Å²) in [5.74, 6) is 0. The number of hydrogen-bond acceptors (Lipinski definition) is 1. The number of unbranched alkanes of at least 4 members (excludes halogenated alkanes) is 1. The monoisotopic (exact) mass is 390 g/mol. The summed E-state index contributed by atoms with van der Waals surface area (Å²) in [6, 6.07) is 1.96. The highest BCUT2D eigenvalue weighted by molar-refractivity contribution is 14.1. The third kappa shape index (κ3) is 5.23. The number of aryl methyl sites for hydroxylation is 1. The van der Waals surface area contributed by atoms with Gasteiger partial charge < -0.3 is 24.0 Å². The minimum absolute atomic E-state index is 0. The minimum Gasteiger partial charge on any atom is -1.00 e. The van der Waals surface area contributed by atoms with Gasteiger partial charge in [0.05, 0.1) is 12.7 Å². The molecule has 0 atom stereocenters. The van der Waals surface area contributed by atoms with Crippen LogP contribution in [0.5, 0.6) is 0 Å². The zero-order valence-electron chi connectivity index (χ0n) is 6.79. The molecule has 0 bridgehead atoms. The fourth-order valence-corrected chi connectivity index (χ4v) is 1.42. The van der Waals surface area contributed by atoms with E-state index in [1.54, 1.807) is 6.20 Å². The first-order chi connectivity index (χ1) is 5.43. The van der Waals surface area contributed by atoms with Crippen molar-refractivity contribution in [2.45, 2.75) is 19.4 Å². The molecule has 0 fully saturated rings. The fraction of sp³-hybridized carbons (Fsp3) is 0.500.